The average molecular weight is 403 g/mol. The van der Waals surface area contributed by atoms with Gasteiger partial charge in [0, 0.05) is 26.3 Å². The van der Waals surface area contributed by atoms with E-state index in [9.17, 15) is 31.9 Å². The van der Waals surface area contributed by atoms with Crippen molar-refractivity contribution in [2.24, 2.45) is 7.05 Å². The van der Waals surface area contributed by atoms with Crippen LogP contribution in [-0.4, -0.2) is 35.5 Å². The molecule has 1 aromatic heterocycles. The van der Waals surface area contributed by atoms with Crippen molar-refractivity contribution in [2.75, 3.05) is 25.3 Å². The number of amides is 1. The lowest BCUT2D eigenvalue weighted by molar-refractivity contribution is -0.144. The molecular formula is C16H13F4N3O5. The second kappa shape index (κ2) is 6.78. The van der Waals surface area contributed by atoms with Crippen molar-refractivity contribution >= 4 is 11.6 Å². The number of ether oxygens (including phenoxy) is 2. The number of hydrogen-bond donors (Lipinski definition) is 0. The molecule has 2 heterocycles. The van der Waals surface area contributed by atoms with Crippen molar-refractivity contribution < 1.29 is 31.8 Å². The van der Waals surface area contributed by atoms with Crippen LogP contribution in [0, 0.1) is 5.82 Å². The smallest absolute Gasteiger partial charge is 0.431 e. The fourth-order valence-electron chi connectivity index (χ4n) is 2.77. The Balaban J connectivity index is 2.26. The summed E-state index contributed by atoms with van der Waals surface area (Å²) >= 11 is 0. The molecule has 0 saturated heterocycles. The van der Waals surface area contributed by atoms with Crippen LogP contribution < -0.4 is 20.9 Å². The summed E-state index contributed by atoms with van der Waals surface area (Å²) in [6, 6.07) is 2.00. The lowest BCUT2D eigenvalue weighted by Crippen LogP contribution is -2.42. The van der Waals surface area contributed by atoms with Gasteiger partial charge >= 0.3 is 11.9 Å². The zero-order valence-corrected chi connectivity index (χ0v) is 14.5. The Hall–Kier alpha value is -3.15. The van der Waals surface area contributed by atoms with Crippen LogP contribution in [0.1, 0.15) is 5.69 Å². The van der Waals surface area contributed by atoms with Gasteiger partial charge in [0.25, 0.3) is 11.5 Å². The fourth-order valence-corrected chi connectivity index (χ4v) is 2.77. The van der Waals surface area contributed by atoms with Gasteiger partial charge in [-0.3, -0.25) is 19.1 Å². The third-order valence-corrected chi connectivity index (χ3v) is 4.08. The third kappa shape index (κ3) is 3.15. The molecule has 0 spiro atoms. The Kier molecular flexibility index (Phi) is 4.75. The first kappa shape index (κ1) is 19.6. The number of hydrogen-bond acceptors (Lipinski definition) is 5. The molecule has 2 aromatic rings. The molecule has 0 atom stereocenters. The van der Waals surface area contributed by atoms with Crippen molar-refractivity contribution in [3.8, 4) is 11.4 Å². The van der Waals surface area contributed by atoms with Gasteiger partial charge in [-0.1, -0.05) is 0 Å². The Labute approximate surface area is 154 Å². The maximum absolute atomic E-state index is 14.6. The number of anilines is 1. The minimum Gasteiger partial charge on any atom is -0.481 e. The molecule has 3 rings (SSSR count). The molecule has 8 nitrogen and oxygen atoms in total. The van der Waals surface area contributed by atoms with E-state index in [1.54, 1.807) is 0 Å². The number of nitrogens with zero attached hydrogens (tertiary/aromatic N) is 3. The molecule has 0 saturated carbocycles. The van der Waals surface area contributed by atoms with Crippen molar-refractivity contribution in [2.45, 2.75) is 6.18 Å². The van der Waals surface area contributed by atoms with E-state index >= 15 is 0 Å². The van der Waals surface area contributed by atoms with Crippen LogP contribution in [0.4, 0.5) is 23.2 Å². The highest BCUT2D eigenvalue weighted by atomic mass is 19.4. The molecule has 0 aliphatic carbocycles. The van der Waals surface area contributed by atoms with Gasteiger partial charge in [-0.2, -0.15) is 13.2 Å². The summed E-state index contributed by atoms with van der Waals surface area (Å²) in [5.41, 5.74) is -4.88. The Morgan fingerprint density at radius 2 is 1.82 bits per heavy atom. The third-order valence-electron chi connectivity index (χ3n) is 4.08. The molecule has 0 fully saturated rings. The largest absolute Gasteiger partial charge is 0.481 e. The number of halogens is 4. The first-order valence-corrected chi connectivity index (χ1v) is 7.72. The Bertz CT molecular complexity index is 1070. The number of fused-ring (bicyclic) bond motifs is 1. The van der Waals surface area contributed by atoms with Crippen molar-refractivity contribution in [1.29, 1.82) is 0 Å². The molecule has 0 N–H and O–H groups in total. The molecule has 1 aliphatic heterocycles. The first-order chi connectivity index (χ1) is 13.1. The van der Waals surface area contributed by atoms with Crippen LogP contribution in [-0.2, 0) is 22.8 Å². The van der Waals surface area contributed by atoms with Crippen LogP contribution in [0.2, 0.25) is 0 Å². The van der Waals surface area contributed by atoms with Gasteiger partial charge in [-0.25, -0.2) is 13.8 Å². The minimum absolute atomic E-state index is 0.00310. The van der Waals surface area contributed by atoms with Crippen molar-refractivity contribution in [3.05, 3.63) is 50.5 Å². The van der Waals surface area contributed by atoms with E-state index in [0.29, 0.717) is 0 Å². The highest BCUT2D eigenvalue weighted by molar-refractivity contribution is 5.98. The van der Waals surface area contributed by atoms with Crippen molar-refractivity contribution in [1.82, 2.24) is 9.13 Å². The molecule has 1 aromatic carbocycles. The summed E-state index contributed by atoms with van der Waals surface area (Å²) in [7, 11) is 2.12. The monoisotopic (exact) mass is 403 g/mol. The number of methoxy groups -OCH3 is 1. The van der Waals surface area contributed by atoms with E-state index in [4.69, 9.17) is 9.47 Å². The number of aromatic nitrogens is 2. The van der Waals surface area contributed by atoms with Gasteiger partial charge < -0.3 is 9.47 Å². The van der Waals surface area contributed by atoms with Crippen LogP contribution >= 0.6 is 0 Å². The summed E-state index contributed by atoms with van der Waals surface area (Å²) in [5, 5.41) is 0. The molecule has 12 heteroatoms. The SMILES string of the molecule is COCN1C(=O)COc2cc(F)c(-n3c(=O)cc(C(F)(F)F)n(C)c3=O)cc21. The number of carbonyl (C=O) groups excluding carboxylic acids is 1. The summed E-state index contributed by atoms with van der Waals surface area (Å²) in [5.74, 6) is -1.67. The average Bonchev–Trinajstić information content (AvgIpc) is 2.60. The first-order valence-electron chi connectivity index (χ1n) is 7.72. The number of rotatable bonds is 3. The van der Waals surface area contributed by atoms with Gasteiger partial charge in [0.1, 0.15) is 18.2 Å². The molecule has 1 amide bonds. The fraction of sp³-hybridized carbons (Fsp3) is 0.312. The standard InChI is InChI=1S/C16H13F4N3O5/c1-21-12(16(18,19)20)5-13(24)23(15(21)26)9-4-10-11(3-8(9)17)28-6-14(25)22(10)7-27-2/h3-5H,6-7H2,1-2H3. The van der Waals surface area contributed by atoms with Crippen LogP contribution in [0.25, 0.3) is 5.69 Å². The molecule has 28 heavy (non-hydrogen) atoms. The molecule has 0 unspecified atom stereocenters. The highest BCUT2D eigenvalue weighted by Crippen LogP contribution is 2.35. The summed E-state index contributed by atoms with van der Waals surface area (Å²) < 4.78 is 63.9. The Morgan fingerprint density at radius 3 is 2.43 bits per heavy atom. The summed E-state index contributed by atoms with van der Waals surface area (Å²) in [4.78, 5) is 37.6. The lowest BCUT2D eigenvalue weighted by atomic mass is 10.2. The number of benzene rings is 1. The van der Waals surface area contributed by atoms with Gasteiger partial charge in [0.15, 0.2) is 12.4 Å². The topological polar surface area (TPSA) is 82.8 Å². The minimum atomic E-state index is -4.95. The van der Waals surface area contributed by atoms with E-state index < -0.39 is 40.5 Å². The summed E-state index contributed by atoms with van der Waals surface area (Å²) in [6.07, 6.45) is -4.95. The molecule has 1 aliphatic rings. The maximum atomic E-state index is 14.6. The predicted octanol–water partition coefficient (Wildman–Crippen LogP) is 1.02. The molecular weight excluding hydrogens is 390 g/mol. The zero-order chi connectivity index (χ0) is 20.8. The van der Waals surface area contributed by atoms with E-state index in [-0.39, 0.29) is 40.0 Å². The van der Waals surface area contributed by atoms with E-state index in [1.807, 2.05) is 0 Å². The molecule has 150 valence electrons. The normalized spacial score (nSPS) is 14.1. The maximum Gasteiger partial charge on any atom is 0.431 e. The number of carbonyl (C=O) groups is 1. The summed E-state index contributed by atoms with van der Waals surface area (Å²) in [6.45, 7) is -0.600. The number of alkyl halides is 3. The van der Waals surface area contributed by atoms with Gasteiger partial charge in [-0.05, 0) is 6.07 Å². The predicted molar refractivity (Wildman–Crippen MR) is 87.1 cm³/mol. The van der Waals surface area contributed by atoms with Crippen molar-refractivity contribution in [3.63, 3.8) is 0 Å². The lowest BCUT2D eigenvalue weighted by Gasteiger charge is -2.29. The van der Waals surface area contributed by atoms with Gasteiger partial charge in [-0.15, -0.1) is 0 Å². The Morgan fingerprint density at radius 1 is 1.14 bits per heavy atom. The van der Waals surface area contributed by atoms with E-state index in [1.165, 1.54) is 7.11 Å². The highest BCUT2D eigenvalue weighted by Gasteiger charge is 2.35. The van der Waals surface area contributed by atoms with Crippen LogP contribution in [0.5, 0.6) is 5.75 Å². The zero-order valence-electron chi connectivity index (χ0n) is 14.5. The van der Waals surface area contributed by atoms with Crippen LogP contribution in [0.15, 0.2) is 27.8 Å². The van der Waals surface area contributed by atoms with Gasteiger partial charge in [0.05, 0.1) is 11.4 Å². The second-order valence-electron chi connectivity index (χ2n) is 5.84. The van der Waals surface area contributed by atoms with E-state index in [0.717, 1.165) is 24.1 Å². The van der Waals surface area contributed by atoms with E-state index in [2.05, 4.69) is 0 Å². The molecule has 0 radical (unpaired) electrons. The molecule has 0 bridgehead atoms. The second-order valence-corrected chi connectivity index (χ2v) is 5.84. The quantitative estimate of drug-likeness (QED) is 0.715. The van der Waals surface area contributed by atoms with Gasteiger partial charge in [0.2, 0.25) is 0 Å². The van der Waals surface area contributed by atoms with Crippen LogP contribution in [0.3, 0.4) is 0 Å².